The van der Waals surface area contributed by atoms with Crippen molar-refractivity contribution in [3.63, 3.8) is 0 Å². The van der Waals surface area contributed by atoms with Gasteiger partial charge in [-0.2, -0.15) is 0 Å². The average Bonchev–Trinajstić information content (AvgIpc) is 2.67. The van der Waals surface area contributed by atoms with Crippen LogP contribution < -0.4 is 5.32 Å². The van der Waals surface area contributed by atoms with Crippen LogP contribution in [0.3, 0.4) is 0 Å². The Hall–Kier alpha value is -2.41. The summed E-state index contributed by atoms with van der Waals surface area (Å²) in [6, 6.07) is 5.93. The van der Waals surface area contributed by atoms with E-state index in [9.17, 15) is 19.5 Å². The number of benzene rings is 1. The monoisotopic (exact) mass is 374 g/mol. The van der Waals surface area contributed by atoms with E-state index in [1.807, 2.05) is 6.92 Å². The number of anilines is 1. The minimum absolute atomic E-state index is 0.0643. The number of carbonyl (C=O) groups excluding carboxylic acids is 2. The number of carboxylic acids is 1. The number of amides is 2. The highest BCUT2D eigenvalue weighted by Gasteiger charge is 2.32. The largest absolute Gasteiger partial charge is 0.480 e. The molecule has 0 radical (unpaired) electrons. The van der Waals surface area contributed by atoms with E-state index in [0.29, 0.717) is 43.7 Å². The summed E-state index contributed by atoms with van der Waals surface area (Å²) in [4.78, 5) is 38.2. The summed E-state index contributed by atoms with van der Waals surface area (Å²) in [6.07, 6.45) is 3.50. The van der Waals surface area contributed by atoms with Crippen LogP contribution in [0.15, 0.2) is 24.3 Å². The molecule has 2 aliphatic heterocycles. The lowest BCUT2D eigenvalue weighted by molar-refractivity contribution is -0.143. The Morgan fingerprint density at radius 1 is 1.22 bits per heavy atom. The molecule has 2 saturated heterocycles. The van der Waals surface area contributed by atoms with Crippen molar-refractivity contribution < 1.29 is 24.2 Å². The zero-order valence-corrected chi connectivity index (χ0v) is 15.5. The molecular weight excluding hydrogens is 348 g/mol. The second-order valence-corrected chi connectivity index (χ2v) is 7.32. The maximum Gasteiger partial charge on any atom is 0.326 e. The molecule has 146 valence electrons. The molecule has 3 rings (SSSR count). The van der Waals surface area contributed by atoms with Gasteiger partial charge in [0.2, 0.25) is 5.91 Å². The van der Waals surface area contributed by atoms with Crippen LogP contribution in [0.25, 0.3) is 0 Å². The number of hydrogen-bond acceptors (Lipinski definition) is 4. The third kappa shape index (κ3) is 4.66. The topological polar surface area (TPSA) is 95.9 Å². The predicted molar refractivity (Wildman–Crippen MR) is 99.5 cm³/mol. The minimum Gasteiger partial charge on any atom is -0.480 e. The smallest absolute Gasteiger partial charge is 0.326 e. The summed E-state index contributed by atoms with van der Waals surface area (Å²) < 4.78 is 5.48. The van der Waals surface area contributed by atoms with Crippen molar-refractivity contribution in [1.82, 2.24) is 4.90 Å². The van der Waals surface area contributed by atoms with Crippen molar-refractivity contribution in [3.8, 4) is 0 Å². The zero-order valence-electron chi connectivity index (χ0n) is 15.5. The molecule has 7 heteroatoms. The van der Waals surface area contributed by atoms with Crippen LogP contribution in [0, 0.1) is 5.92 Å². The normalized spacial score (nSPS) is 25.7. The molecule has 2 fully saturated rings. The molecule has 0 spiro atoms. The molecule has 3 atom stereocenters. The first-order valence-corrected chi connectivity index (χ1v) is 9.52. The fourth-order valence-corrected chi connectivity index (χ4v) is 3.81. The summed E-state index contributed by atoms with van der Waals surface area (Å²) in [6.45, 7) is 2.96. The van der Waals surface area contributed by atoms with E-state index in [1.54, 1.807) is 24.3 Å². The lowest BCUT2D eigenvalue weighted by Crippen LogP contribution is -2.48. The molecule has 7 nitrogen and oxygen atoms in total. The second-order valence-electron chi connectivity index (χ2n) is 7.32. The lowest BCUT2D eigenvalue weighted by Gasteiger charge is -2.33. The number of carbonyl (C=O) groups is 3. The van der Waals surface area contributed by atoms with Crippen LogP contribution >= 0.6 is 0 Å². The number of nitrogens with zero attached hydrogens (tertiary/aromatic N) is 1. The van der Waals surface area contributed by atoms with E-state index in [2.05, 4.69) is 5.32 Å². The van der Waals surface area contributed by atoms with E-state index in [-0.39, 0.29) is 23.8 Å². The van der Waals surface area contributed by atoms with Gasteiger partial charge >= 0.3 is 5.97 Å². The van der Waals surface area contributed by atoms with E-state index in [4.69, 9.17) is 4.74 Å². The van der Waals surface area contributed by atoms with Gasteiger partial charge in [0.05, 0.1) is 6.10 Å². The number of ether oxygens (including phenoxy) is 1. The number of hydrogen-bond donors (Lipinski definition) is 2. The van der Waals surface area contributed by atoms with E-state index < -0.39 is 12.0 Å². The average molecular weight is 374 g/mol. The second kappa shape index (κ2) is 8.52. The van der Waals surface area contributed by atoms with Crippen LogP contribution in [0.1, 0.15) is 49.4 Å². The van der Waals surface area contributed by atoms with Crippen molar-refractivity contribution in [3.05, 3.63) is 29.8 Å². The Morgan fingerprint density at radius 3 is 2.78 bits per heavy atom. The van der Waals surface area contributed by atoms with Gasteiger partial charge in [0.15, 0.2) is 0 Å². The molecule has 2 heterocycles. The summed E-state index contributed by atoms with van der Waals surface area (Å²) >= 11 is 0. The van der Waals surface area contributed by atoms with Crippen molar-refractivity contribution >= 4 is 23.5 Å². The number of piperidine rings is 1. The first kappa shape index (κ1) is 19.4. The van der Waals surface area contributed by atoms with E-state index >= 15 is 0 Å². The van der Waals surface area contributed by atoms with Crippen LogP contribution in [-0.2, 0) is 14.3 Å². The molecule has 2 N–H and O–H groups in total. The van der Waals surface area contributed by atoms with Gasteiger partial charge in [-0.25, -0.2) is 4.79 Å². The molecule has 27 heavy (non-hydrogen) atoms. The molecule has 3 unspecified atom stereocenters. The van der Waals surface area contributed by atoms with Gasteiger partial charge in [-0.3, -0.25) is 9.59 Å². The highest BCUT2D eigenvalue weighted by molar-refractivity contribution is 5.99. The summed E-state index contributed by atoms with van der Waals surface area (Å²) in [5.74, 6) is -1.46. The third-order valence-corrected chi connectivity index (χ3v) is 5.28. The van der Waals surface area contributed by atoms with Gasteiger partial charge in [-0.1, -0.05) is 6.07 Å². The van der Waals surface area contributed by atoms with Crippen molar-refractivity contribution in [2.45, 2.75) is 51.2 Å². The molecule has 0 aliphatic carbocycles. The first-order valence-electron chi connectivity index (χ1n) is 9.52. The molecule has 1 aromatic carbocycles. The number of likely N-dealkylation sites (tertiary alicyclic amines) is 1. The highest BCUT2D eigenvalue weighted by Crippen LogP contribution is 2.24. The standard InChI is InChI=1S/C20H26N2O5/c1-13-11-14(8-10-27-13)18(23)21-16-6-4-5-15(12-16)19(24)22-9-3-2-7-17(22)20(25)26/h4-6,12-14,17H,2-3,7-11H2,1H3,(H,21,23)(H,25,26). The van der Waals surface area contributed by atoms with Crippen LogP contribution in [0.2, 0.25) is 0 Å². The van der Waals surface area contributed by atoms with Gasteiger partial charge in [-0.05, 0) is 57.2 Å². The van der Waals surface area contributed by atoms with Crippen LogP contribution in [0.5, 0.6) is 0 Å². The first-order chi connectivity index (χ1) is 13.0. The Labute approximate surface area is 158 Å². The van der Waals surface area contributed by atoms with E-state index in [1.165, 1.54) is 4.90 Å². The quantitative estimate of drug-likeness (QED) is 0.844. The Morgan fingerprint density at radius 2 is 2.04 bits per heavy atom. The van der Waals surface area contributed by atoms with Crippen molar-refractivity contribution in [1.29, 1.82) is 0 Å². The number of aliphatic carboxylic acids is 1. The van der Waals surface area contributed by atoms with Gasteiger partial charge in [-0.15, -0.1) is 0 Å². The Balaban J connectivity index is 1.70. The fourth-order valence-electron chi connectivity index (χ4n) is 3.81. The van der Waals surface area contributed by atoms with Gasteiger partial charge in [0.25, 0.3) is 5.91 Å². The third-order valence-electron chi connectivity index (χ3n) is 5.28. The maximum atomic E-state index is 12.8. The molecule has 0 saturated carbocycles. The van der Waals surface area contributed by atoms with Crippen LogP contribution in [0.4, 0.5) is 5.69 Å². The summed E-state index contributed by atoms with van der Waals surface area (Å²) in [5.41, 5.74) is 0.940. The fraction of sp³-hybridized carbons (Fsp3) is 0.550. The number of carboxylic acid groups (broad SMARTS) is 1. The van der Waals surface area contributed by atoms with E-state index in [0.717, 1.165) is 12.8 Å². The molecule has 0 bridgehead atoms. The predicted octanol–water partition coefficient (Wildman–Crippen LogP) is 2.52. The summed E-state index contributed by atoms with van der Waals surface area (Å²) in [5, 5.41) is 12.3. The lowest BCUT2D eigenvalue weighted by atomic mass is 9.95. The number of rotatable bonds is 4. The van der Waals surface area contributed by atoms with Crippen LogP contribution in [-0.4, -0.2) is 53.1 Å². The molecule has 2 amide bonds. The molecule has 0 aromatic heterocycles. The number of nitrogens with one attached hydrogen (secondary N) is 1. The SMILES string of the molecule is CC1CC(C(=O)Nc2cccc(C(=O)N3CCCCC3C(=O)O)c2)CCO1. The Kier molecular flexibility index (Phi) is 6.11. The summed E-state index contributed by atoms with van der Waals surface area (Å²) in [7, 11) is 0. The Bertz CT molecular complexity index is 720. The molecular formula is C20H26N2O5. The maximum absolute atomic E-state index is 12.8. The zero-order chi connectivity index (χ0) is 19.4. The highest BCUT2D eigenvalue weighted by atomic mass is 16.5. The molecule has 2 aliphatic rings. The minimum atomic E-state index is -0.971. The van der Waals surface area contributed by atoms with Gasteiger partial charge in [0, 0.05) is 30.3 Å². The molecule has 1 aromatic rings. The van der Waals surface area contributed by atoms with Crippen molar-refractivity contribution in [2.24, 2.45) is 5.92 Å². The van der Waals surface area contributed by atoms with Crippen molar-refractivity contribution in [2.75, 3.05) is 18.5 Å². The van der Waals surface area contributed by atoms with Gasteiger partial charge in [0.1, 0.15) is 6.04 Å². The van der Waals surface area contributed by atoms with Gasteiger partial charge < -0.3 is 20.1 Å².